The van der Waals surface area contributed by atoms with Crippen molar-refractivity contribution in [2.24, 2.45) is 5.92 Å². The van der Waals surface area contributed by atoms with Crippen molar-refractivity contribution in [1.82, 2.24) is 29.3 Å². The van der Waals surface area contributed by atoms with Gasteiger partial charge < -0.3 is 5.73 Å². The summed E-state index contributed by atoms with van der Waals surface area (Å²) < 4.78 is 3.58. The van der Waals surface area contributed by atoms with Crippen molar-refractivity contribution in [1.29, 1.82) is 0 Å². The molecule has 0 spiro atoms. The first kappa shape index (κ1) is 15.9. The summed E-state index contributed by atoms with van der Waals surface area (Å²) in [5, 5.41) is 6.91. The van der Waals surface area contributed by atoms with Crippen LogP contribution in [0.2, 0.25) is 0 Å². The highest BCUT2D eigenvalue weighted by molar-refractivity contribution is 5.92. The van der Waals surface area contributed by atoms with Gasteiger partial charge >= 0.3 is 0 Å². The lowest BCUT2D eigenvalue weighted by molar-refractivity contribution is -0.118. The average molecular weight is 328 g/mol. The molecule has 0 saturated carbocycles. The minimum atomic E-state index is -0.175. The number of nitrogens with two attached hydrogens (primary N) is 1. The topological polar surface area (TPSA) is 117 Å². The third kappa shape index (κ3) is 2.80. The van der Waals surface area contributed by atoms with Gasteiger partial charge in [-0.3, -0.25) is 14.7 Å². The summed E-state index contributed by atoms with van der Waals surface area (Å²) in [5.41, 5.74) is 7.11. The molecule has 126 valence electrons. The minimum Gasteiger partial charge on any atom is -0.382 e. The predicted octanol–water partition coefficient (Wildman–Crippen LogP) is 1.60. The number of hydrogen-bond acceptors (Lipinski definition) is 6. The summed E-state index contributed by atoms with van der Waals surface area (Å²) in [7, 11) is 0. The Bertz CT molecular complexity index is 865. The van der Waals surface area contributed by atoms with Crippen LogP contribution in [-0.4, -0.2) is 35.2 Å². The number of hydrogen-bond donors (Lipinski definition) is 2. The van der Waals surface area contributed by atoms with Gasteiger partial charge in [-0.25, -0.2) is 9.67 Å². The van der Waals surface area contributed by atoms with Gasteiger partial charge in [0.05, 0.1) is 0 Å². The van der Waals surface area contributed by atoms with E-state index in [0.717, 1.165) is 6.42 Å². The van der Waals surface area contributed by atoms with E-state index in [1.165, 1.54) is 0 Å². The summed E-state index contributed by atoms with van der Waals surface area (Å²) in [6, 6.07) is 1.82. The highest BCUT2D eigenvalue weighted by Gasteiger charge is 2.19. The van der Waals surface area contributed by atoms with Crippen LogP contribution in [0.5, 0.6) is 0 Å². The molecule has 0 radical (unpaired) electrons. The van der Waals surface area contributed by atoms with Gasteiger partial charge in [-0.15, -0.1) is 0 Å². The maximum atomic E-state index is 11.9. The zero-order valence-electron chi connectivity index (χ0n) is 13.9. The van der Waals surface area contributed by atoms with Crippen LogP contribution < -0.4 is 11.1 Å². The number of carbonyl (C=O) groups is 1. The van der Waals surface area contributed by atoms with Crippen LogP contribution in [0.15, 0.2) is 18.5 Å². The first-order valence-corrected chi connectivity index (χ1v) is 7.86. The van der Waals surface area contributed by atoms with Crippen LogP contribution in [0, 0.1) is 5.92 Å². The molecular formula is C15H20N8O. The summed E-state index contributed by atoms with van der Waals surface area (Å²) in [6.07, 6.45) is 4.37. The van der Waals surface area contributed by atoms with Gasteiger partial charge in [0.25, 0.3) is 0 Å². The Hall–Kier alpha value is -2.97. The molecule has 1 amide bonds. The largest absolute Gasteiger partial charge is 0.382 e. The van der Waals surface area contributed by atoms with E-state index in [4.69, 9.17) is 5.73 Å². The van der Waals surface area contributed by atoms with Crippen molar-refractivity contribution in [2.45, 2.75) is 33.7 Å². The number of rotatable bonds is 5. The second-order valence-electron chi connectivity index (χ2n) is 5.76. The number of aromatic nitrogens is 6. The van der Waals surface area contributed by atoms with Gasteiger partial charge in [-0.05, 0) is 12.5 Å². The molecule has 0 bridgehead atoms. The molecule has 0 fully saturated rings. The highest BCUT2D eigenvalue weighted by Crippen LogP contribution is 2.23. The van der Waals surface area contributed by atoms with Crippen molar-refractivity contribution in [3.8, 4) is 5.95 Å². The van der Waals surface area contributed by atoms with E-state index in [9.17, 15) is 4.79 Å². The zero-order valence-corrected chi connectivity index (χ0v) is 13.9. The van der Waals surface area contributed by atoms with Crippen molar-refractivity contribution in [3.63, 3.8) is 0 Å². The quantitative estimate of drug-likeness (QED) is 0.734. The van der Waals surface area contributed by atoms with Crippen LogP contribution in [-0.2, 0) is 11.3 Å². The molecule has 0 unspecified atom stereocenters. The number of amides is 1. The fourth-order valence-electron chi connectivity index (χ4n) is 2.31. The Labute approximate surface area is 138 Å². The Morgan fingerprint density at radius 3 is 2.75 bits per heavy atom. The number of imidazole rings is 1. The van der Waals surface area contributed by atoms with E-state index in [2.05, 4.69) is 32.3 Å². The maximum Gasteiger partial charge on any atom is 0.233 e. The van der Waals surface area contributed by atoms with Crippen LogP contribution in [0.4, 0.5) is 11.8 Å². The van der Waals surface area contributed by atoms with Crippen molar-refractivity contribution in [2.75, 3.05) is 11.1 Å². The second-order valence-corrected chi connectivity index (χ2v) is 5.76. The molecule has 3 N–H and O–H groups in total. The second kappa shape index (κ2) is 6.26. The molecule has 0 aliphatic carbocycles. The molecular weight excluding hydrogens is 308 g/mol. The average Bonchev–Trinajstić information content (AvgIpc) is 3.16. The predicted molar refractivity (Wildman–Crippen MR) is 90.6 cm³/mol. The Balaban J connectivity index is 2.14. The van der Waals surface area contributed by atoms with E-state index < -0.39 is 0 Å². The van der Waals surface area contributed by atoms with Crippen LogP contribution in [0.3, 0.4) is 0 Å². The highest BCUT2D eigenvalue weighted by atomic mass is 16.2. The zero-order chi connectivity index (χ0) is 17.3. The molecule has 0 saturated heterocycles. The normalized spacial score (nSPS) is 11.3. The first-order chi connectivity index (χ1) is 11.5. The molecule has 0 aliphatic rings. The molecule has 24 heavy (non-hydrogen) atoms. The fourth-order valence-corrected chi connectivity index (χ4v) is 2.31. The molecule has 3 heterocycles. The van der Waals surface area contributed by atoms with E-state index >= 15 is 0 Å². The van der Waals surface area contributed by atoms with Crippen molar-refractivity contribution in [3.05, 3.63) is 18.5 Å². The lowest BCUT2D eigenvalue weighted by Crippen LogP contribution is -2.20. The molecule has 3 aromatic rings. The third-order valence-electron chi connectivity index (χ3n) is 3.52. The summed E-state index contributed by atoms with van der Waals surface area (Å²) >= 11 is 0. The van der Waals surface area contributed by atoms with Crippen molar-refractivity contribution >= 4 is 28.8 Å². The molecule has 3 rings (SSSR count). The lowest BCUT2D eigenvalue weighted by Gasteiger charge is -2.09. The molecule has 3 aromatic heterocycles. The number of nitrogens with one attached hydrogen (secondary N) is 1. The number of aryl methyl sites for hydroxylation is 1. The number of anilines is 2. The van der Waals surface area contributed by atoms with E-state index in [0.29, 0.717) is 23.7 Å². The maximum absolute atomic E-state index is 11.9. The molecule has 9 nitrogen and oxygen atoms in total. The number of nitrogens with zero attached hydrogens (tertiary/aromatic N) is 6. The van der Waals surface area contributed by atoms with Gasteiger partial charge in [0.1, 0.15) is 0 Å². The molecule has 0 atom stereocenters. The Morgan fingerprint density at radius 2 is 2.12 bits per heavy atom. The standard InChI is InChI=1S/C15H20N8O/c1-4-7-22-12-10(18-15(22)23-8-5-6-17-23)11(16)19-14(20-12)21-13(24)9(2)3/h5-6,8-9H,4,7H2,1-3H3,(H3,16,19,20,21,24). The van der Waals surface area contributed by atoms with Gasteiger partial charge in [-0.1, -0.05) is 20.8 Å². The van der Waals surface area contributed by atoms with Gasteiger partial charge in [0, 0.05) is 24.9 Å². The van der Waals surface area contributed by atoms with Gasteiger partial charge in [0.15, 0.2) is 17.0 Å². The SMILES string of the molecule is CCCn1c(-n2cccn2)nc2c(N)nc(NC(=O)C(C)C)nc21. The van der Waals surface area contributed by atoms with E-state index in [-0.39, 0.29) is 23.6 Å². The first-order valence-electron chi connectivity index (χ1n) is 7.86. The van der Waals surface area contributed by atoms with Gasteiger partial charge in [-0.2, -0.15) is 15.1 Å². The third-order valence-corrected chi connectivity index (χ3v) is 3.52. The minimum absolute atomic E-state index is 0.164. The number of nitrogen functional groups attached to an aromatic ring is 1. The number of fused-ring (bicyclic) bond motifs is 1. The smallest absolute Gasteiger partial charge is 0.233 e. The van der Waals surface area contributed by atoms with Gasteiger partial charge in [0.2, 0.25) is 17.8 Å². The summed E-state index contributed by atoms with van der Waals surface area (Å²) in [4.78, 5) is 25.0. The van der Waals surface area contributed by atoms with Crippen LogP contribution >= 0.6 is 0 Å². The van der Waals surface area contributed by atoms with Crippen LogP contribution in [0.1, 0.15) is 27.2 Å². The van der Waals surface area contributed by atoms with Crippen LogP contribution in [0.25, 0.3) is 17.1 Å². The Morgan fingerprint density at radius 1 is 1.33 bits per heavy atom. The Kier molecular flexibility index (Phi) is 4.15. The van der Waals surface area contributed by atoms with E-state index in [1.54, 1.807) is 30.9 Å². The molecule has 0 aliphatic heterocycles. The monoisotopic (exact) mass is 328 g/mol. The summed E-state index contributed by atoms with van der Waals surface area (Å²) in [6.45, 7) is 6.35. The molecule has 9 heteroatoms. The summed E-state index contributed by atoms with van der Waals surface area (Å²) in [5.74, 6) is 0.684. The number of carbonyl (C=O) groups excluding carboxylic acids is 1. The van der Waals surface area contributed by atoms with E-state index in [1.807, 2.05) is 10.6 Å². The fraction of sp³-hybridized carbons (Fsp3) is 0.400. The lowest BCUT2D eigenvalue weighted by atomic mass is 10.2. The van der Waals surface area contributed by atoms with Crippen molar-refractivity contribution < 1.29 is 4.79 Å². The molecule has 0 aromatic carbocycles.